The highest BCUT2D eigenvalue weighted by atomic mass is 31.2. The van der Waals surface area contributed by atoms with Crippen LogP contribution >= 0.6 is 7.82 Å². The van der Waals surface area contributed by atoms with Crippen LogP contribution in [0.3, 0.4) is 0 Å². The predicted molar refractivity (Wildman–Crippen MR) is 97.9 cm³/mol. The number of hydrogen-bond donors (Lipinski definition) is 3. The fraction of sp³-hybridized carbons (Fsp3) is 0.875. The van der Waals surface area contributed by atoms with Gasteiger partial charge in [0.1, 0.15) is 6.26 Å². The van der Waals surface area contributed by atoms with Crippen molar-refractivity contribution in [3.63, 3.8) is 0 Å². The van der Waals surface area contributed by atoms with Crippen LogP contribution in [-0.4, -0.2) is 21.3 Å². The molecular formula is C16H35O11P. The van der Waals surface area contributed by atoms with Crippen molar-refractivity contribution in [2.75, 3.05) is 6.61 Å². The van der Waals surface area contributed by atoms with Crippen LogP contribution in [0.15, 0.2) is 12.8 Å². The molecule has 0 radical (unpaired) electrons. The van der Waals surface area contributed by atoms with Gasteiger partial charge in [0.25, 0.3) is 0 Å². The van der Waals surface area contributed by atoms with Crippen LogP contribution in [0.2, 0.25) is 0 Å². The van der Waals surface area contributed by atoms with Gasteiger partial charge in [0.05, 0.1) is 6.61 Å². The van der Waals surface area contributed by atoms with Crippen molar-refractivity contribution in [1.82, 2.24) is 0 Å². The zero-order valence-electron chi connectivity index (χ0n) is 16.7. The van der Waals surface area contributed by atoms with Gasteiger partial charge in [-0.3, -0.25) is 0 Å². The van der Waals surface area contributed by atoms with E-state index in [0.29, 0.717) is 6.61 Å². The maximum Gasteiger partial charge on any atom is 0.466 e. The lowest BCUT2D eigenvalue weighted by Gasteiger charge is -2.04. The van der Waals surface area contributed by atoms with Crippen molar-refractivity contribution in [3.05, 3.63) is 12.8 Å². The molecule has 0 aliphatic carbocycles. The largest absolute Gasteiger partial charge is 0.466 e. The molecule has 0 spiro atoms. The van der Waals surface area contributed by atoms with Gasteiger partial charge in [0.15, 0.2) is 0 Å². The van der Waals surface area contributed by atoms with Crippen molar-refractivity contribution < 1.29 is 54.2 Å². The van der Waals surface area contributed by atoms with Gasteiger partial charge in [-0.15, -0.1) is 0 Å². The Morgan fingerprint density at radius 3 is 1.71 bits per heavy atom. The van der Waals surface area contributed by atoms with Crippen molar-refractivity contribution in [2.24, 2.45) is 5.92 Å². The number of phosphoric acid groups is 1. The third-order valence-corrected chi connectivity index (χ3v) is 3.28. The van der Waals surface area contributed by atoms with E-state index < -0.39 is 7.82 Å². The first-order valence-electron chi connectivity index (χ1n) is 9.28. The summed E-state index contributed by atoms with van der Waals surface area (Å²) < 4.78 is 8.88. The smallest absolute Gasteiger partial charge is 0.315 e. The molecule has 0 atom stereocenters. The third kappa shape index (κ3) is 40.2. The summed E-state index contributed by atoms with van der Waals surface area (Å²) in [6, 6.07) is 0. The Bertz CT molecular complexity index is 354. The lowest BCUT2D eigenvalue weighted by Crippen LogP contribution is -2.01. The first kappa shape index (κ1) is 29.6. The molecule has 0 bridgehead atoms. The minimum atomic E-state index is -4.64. The lowest BCUT2D eigenvalue weighted by atomic mass is 10.0. The molecule has 0 amide bonds. The Morgan fingerprint density at radius 2 is 1.21 bits per heavy atom. The SMILES string of the molecule is C=COOOOOOOCCCCCCCCCCCC(C)C.O=P(O)(O)O. The fourth-order valence-corrected chi connectivity index (χ4v) is 2.08. The fourth-order valence-electron chi connectivity index (χ4n) is 2.08. The van der Waals surface area contributed by atoms with E-state index in [0.717, 1.165) is 25.0 Å². The summed E-state index contributed by atoms with van der Waals surface area (Å²) in [5, 5.41) is 19.9. The Morgan fingerprint density at radius 1 is 0.786 bits per heavy atom. The zero-order valence-corrected chi connectivity index (χ0v) is 17.6. The van der Waals surface area contributed by atoms with Crippen molar-refractivity contribution in [1.29, 1.82) is 0 Å². The highest BCUT2D eigenvalue weighted by Crippen LogP contribution is 2.25. The average molecular weight is 434 g/mol. The number of hydrogen-bond acceptors (Lipinski definition) is 8. The molecule has 11 nitrogen and oxygen atoms in total. The van der Waals surface area contributed by atoms with Gasteiger partial charge in [-0.25, -0.2) is 9.45 Å². The summed E-state index contributed by atoms with van der Waals surface area (Å²) in [5.74, 6) is 0.838. The summed E-state index contributed by atoms with van der Waals surface area (Å²) in [5.41, 5.74) is 0. The second-order valence-electron chi connectivity index (χ2n) is 6.30. The van der Waals surface area contributed by atoms with Gasteiger partial charge in [-0.2, -0.15) is 0 Å². The average Bonchev–Trinajstić information content (AvgIpc) is 2.59. The van der Waals surface area contributed by atoms with Crippen LogP contribution in [0.25, 0.3) is 0 Å². The van der Waals surface area contributed by atoms with Crippen LogP contribution in [0.1, 0.15) is 78.1 Å². The molecule has 0 heterocycles. The first-order valence-corrected chi connectivity index (χ1v) is 10.8. The maximum atomic E-state index is 8.88. The molecule has 0 saturated heterocycles. The summed E-state index contributed by atoms with van der Waals surface area (Å²) in [6.07, 6.45) is 13.6. The second-order valence-corrected chi connectivity index (χ2v) is 7.33. The third-order valence-electron chi connectivity index (χ3n) is 3.28. The highest BCUT2D eigenvalue weighted by Gasteiger charge is 2.00. The van der Waals surface area contributed by atoms with Crippen LogP contribution in [0, 0.1) is 5.92 Å². The van der Waals surface area contributed by atoms with Gasteiger partial charge >= 0.3 is 7.82 Å². The standard InChI is InChI=1S/C16H32O7.H3O4P/c1-4-17-19-21-23-22-20-18-15-13-11-9-7-5-6-8-10-12-14-16(2)3;1-5(2,3)4/h4,16H,1,5-15H2,2-3H3;(H3,1,2,3,4). The van der Waals surface area contributed by atoms with Gasteiger partial charge < -0.3 is 19.6 Å². The van der Waals surface area contributed by atoms with E-state index in [1.807, 2.05) is 0 Å². The zero-order chi connectivity index (χ0) is 21.5. The predicted octanol–water partition coefficient (Wildman–Crippen LogP) is 4.36. The molecule has 12 heteroatoms. The van der Waals surface area contributed by atoms with E-state index >= 15 is 0 Å². The Hall–Kier alpha value is -0.590. The Kier molecular flexibility index (Phi) is 24.0. The molecule has 0 fully saturated rings. The number of unbranched alkanes of at least 4 members (excludes halogenated alkanes) is 8. The molecule has 0 aliphatic rings. The van der Waals surface area contributed by atoms with E-state index in [1.165, 1.54) is 51.4 Å². The van der Waals surface area contributed by atoms with Crippen LogP contribution in [-0.2, 0) is 39.5 Å². The molecule has 0 saturated carbocycles. The number of rotatable bonds is 19. The summed E-state index contributed by atoms with van der Waals surface area (Å²) in [4.78, 5) is 30.4. The van der Waals surface area contributed by atoms with E-state index in [2.05, 4.69) is 55.4 Å². The molecule has 0 rings (SSSR count). The topological polar surface area (TPSA) is 142 Å². The Balaban J connectivity index is 0. The highest BCUT2D eigenvalue weighted by molar-refractivity contribution is 7.45. The second kappa shape index (κ2) is 22.7. The molecule has 3 N–H and O–H groups in total. The van der Waals surface area contributed by atoms with Crippen LogP contribution in [0.4, 0.5) is 0 Å². The van der Waals surface area contributed by atoms with Crippen molar-refractivity contribution in [3.8, 4) is 0 Å². The molecule has 0 aromatic carbocycles. The Labute approximate surface area is 166 Å². The molecule has 28 heavy (non-hydrogen) atoms. The summed E-state index contributed by atoms with van der Waals surface area (Å²) in [7, 11) is -4.64. The van der Waals surface area contributed by atoms with Crippen molar-refractivity contribution >= 4 is 7.82 Å². The van der Waals surface area contributed by atoms with Gasteiger partial charge in [0.2, 0.25) is 0 Å². The molecule has 0 unspecified atom stereocenters. The lowest BCUT2D eigenvalue weighted by molar-refractivity contribution is -0.786. The molecule has 170 valence electrons. The molecule has 0 aliphatic heterocycles. The van der Waals surface area contributed by atoms with Gasteiger partial charge in [-0.1, -0.05) is 78.2 Å². The van der Waals surface area contributed by atoms with E-state index in [9.17, 15) is 0 Å². The van der Waals surface area contributed by atoms with E-state index in [1.54, 1.807) is 0 Å². The molecule has 0 aromatic heterocycles. The van der Waals surface area contributed by atoms with Crippen molar-refractivity contribution in [2.45, 2.75) is 78.1 Å². The minimum absolute atomic E-state index is 0.419. The van der Waals surface area contributed by atoms with Gasteiger partial charge in [0, 0.05) is 15.1 Å². The van der Waals surface area contributed by atoms with Crippen LogP contribution < -0.4 is 0 Å². The monoisotopic (exact) mass is 434 g/mol. The molecular weight excluding hydrogens is 399 g/mol. The quantitative estimate of drug-likeness (QED) is 0.0877. The van der Waals surface area contributed by atoms with Gasteiger partial charge in [-0.05, 0) is 22.4 Å². The van der Waals surface area contributed by atoms with E-state index in [-0.39, 0.29) is 0 Å². The minimum Gasteiger partial charge on any atom is -0.315 e. The summed E-state index contributed by atoms with van der Waals surface area (Å²) >= 11 is 0. The van der Waals surface area contributed by atoms with Crippen LogP contribution in [0.5, 0.6) is 0 Å². The normalized spacial score (nSPS) is 11.2. The first-order chi connectivity index (χ1) is 13.3. The summed E-state index contributed by atoms with van der Waals surface area (Å²) in [6.45, 7) is 8.19. The molecule has 0 aromatic rings. The maximum absolute atomic E-state index is 8.88. The van der Waals surface area contributed by atoms with E-state index in [4.69, 9.17) is 19.2 Å².